The third-order valence-corrected chi connectivity index (χ3v) is 5.95. The molecule has 8 heteroatoms. The van der Waals surface area contributed by atoms with Crippen molar-refractivity contribution in [1.82, 2.24) is 9.80 Å². The molecule has 0 aromatic heterocycles. The van der Waals surface area contributed by atoms with Crippen molar-refractivity contribution in [3.05, 3.63) is 59.4 Å². The minimum absolute atomic E-state index is 0.00466. The smallest absolute Gasteiger partial charge is 0.260 e. The van der Waals surface area contributed by atoms with Gasteiger partial charge in [0, 0.05) is 56.5 Å². The largest absolute Gasteiger partial charge is 0.484 e. The van der Waals surface area contributed by atoms with Gasteiger partial charge in [-0.05, 0) is 48.5 Å². The van der Waals surface area contributed by atoms with E-state index in [-0.39, 0.29) is 24.4 Å². The van der Waals surface area contributed by atoms with Crippen LogP contribution >= 0.6 is 11.6 Å². The summed E-state index contributed by atoms with van der Waals surface area (Å²) in [5.41, 5.74) is 1.05. The molecule has 2 aliphatic heterocycles. The summed E-state index contributed by atoms with van der Waals surface area (Å²) in [4.78, 5) is 19.0. The van der Waals surface area contributed by atoms with Gasteiger partial charge in [0.25, 0.3) is 5.91 Å². The molecule has 2 saturated heterocycles. The monoisotopic (exact) mass is 447 g/mol. The van der Waals surface area contributed by atoms with E-state index in [1.807, 2.05) is 17.0 Å². The highest BCUT2D eigenvalue weighted by Crippen LogP contribution is 2.18. The van der Waals surface area contributed by atoms with Crippen LogP contribution in [0.3, 0.4) is 0 Å². The molecule has 166 valence electrons. The Hall–Kier alpha value is -2.35. The van der Waals surface area contributed by atoms with Crippen LogP contribution in [0.2, 0.25) is 5.02 Å². The van der Waals surface area contributed by atoms with Gasteiger partial charge in [-0.25, -0.2) is 4.39 Å². The number of hydrogen-bond acceptors (Lipinski definition) is 5. The molecule has 2 aliphatic rings. The first kappa shape index (κ1) is 21.9. The molecule has 1 amide bonds. The molecular formula is C23H27ClFN3O3. The topological polar surface area (TPSA) is 45.2 Å². The average Bonchev–Trinajstić information content (AvgIpc) is 2.80. The first-order valence-corrected chi connectivity index (χ1v) is 11.0. The van der Waals surface area contributed by atoms with Crippen LogP contribution in [-0.2, 0) is 9.53 Å². The molecule has 31 heavy (non-hydrogen) atoms. The Balaban J connectivity index is 1.21. The van der Waals surface area contributed by atoms with Gasteiger partial charge in [-0.2, -0.15) is 0 Å². The van der Waals surface area contributed by atoms with Crippen LogP contribution in [0.25, 0.3) is 0 Å². The molecule has 1 atom stereocenters. The van der Waals surface area contributed by atoms with Gasteiger partial charge in [-0.15, -0.1) is 0 Å². The van der Waals surface area contributed by atoms with Crippen molar-refractivity contribution >= 4 is 23.2 Å². The van der Waals surface area contributed by atoms with E-state index in [9.17, 15) is 9.18 Å². The van der Waals surface area contributed by atoms with Gasteiger partial charge in [0.2, 0.25) is 0 Å². The molecule has 2 aromatic carbocycles. The van der Waals surface area contributed by atoms with Gasteiger partial charge in [0.15, 0.2) is 6.61 Å². The van der Waals surface area contributed by atoms with Crippen LogP contribution in [0.4, 0.5) is 10.1 Å². The Morgan fingerprint density at radius 2 is 1.74 bits per heavy atom. The third-order valence-electron chi connectivity index (χ3n) is 5.69. The maximum atomic E-state index is 13.1. The summed E-state index contributed by atoms with van der Waals surface area (Å²) >= 11 is 5.87. The zero-order valence-electron chi connectivity index (χ0n) is 17.4. The Kier molecular flexibility index (Phi) is 7.27. The zero-order valence-corrected chi connectivity index (χ0v) is 18.1. The summed E-state index contributed by atoms with van der Waals surface area (Å²) in [6.45, 7) is 6.07. The Morgan fingerprint density at radius 3 is 2.45 bits per heavy atom. The number of hydrogen-bond donors (Lipinski definition) is 0. The summed E-state index contributed by atoms with van der Waals surface area (Å²) in [6, 6.07) is 13.6. The number of halogens is 2. The fourth-order valence-corrected chi connectivity index (χ4v) is 4.08. The number of amides is 1. The van der Waals surface area contributed by atoms with Crippen LogP contribution < -0.4 is 9.64 Å². The van der Waals surface area contributed by atoms with E-state index < -0.39 is 0 Å². The summed E-state index contributed by atoms with van der Waals surface area (Å²) < 4.78 is 24.6. The minimum Gasteiger partial charge on any atom is -0.484 e. The maximum absolute atomic E-state index is 13.1. The van der Waals surface area contributed by atoms with E-state index in [1.165, 1.54) is 12.1 Å². The summed E-state index contributed by atoms with van der Waals surface area (Å²) in [6.07, 6.45) is -0.00870. The normalized spacial score (nSPS) is 20.0. The van der Waals surface area contributed by atoms with E-state index in [0.717, 1.165) is 38.4 Å². The standard InChI is InChI=1S/C23H27ClFN3O3/c24-18-1-7-21(8-2-18)31-17-23(29)28-13-14-30-22(16-28)15-26-9-11-27(12-10-26)20-5-3-19(25)4-6-20/h1-8,22H,9-17H2/t22-/m0/s1. The highest BCUT2D eigenvalue weighted by Gasteiger charge is 2.27. The summed E-state index contributed by atoms with van der Waals surface area (Å²) in [5.74, 6) is 0.375. The van der Waals surface area contributed by atoms with Crippen molar-refractivity contribution in [2.75, 3.05) is 63.9 Å². The number of benzene rings is 2. The Labute approximate surface area is 187 Å². The molecule has 0 unspecified atom stereocenters. The van der Waals surface area contributed by atoms with Gasteiger partial charge in [0.1, 0.15) is 11.6 Å². The number of morpholine rings is 1. The molecule has 4 rings (SSSR count). The van der Waals surface area contributed by atoms with E-state index >= 15 is 0 Å². The minimum atomic E-state index is -0.213. The van der Waals surface area contributed by atoms with E-state index in [0.29, 0.717) is 30.5 Å². The fraction of sp³-hybridized carbons (Fsp3) is 0.435. The molecule has 2 fully saturated rings. The van der Waals surface area contributed by atoms with Gasteiger partial charge < -0.3 is 19.3 Å². The first-order valence-electron chi connectivity index (χ1n) is 10.6. The van der Waals surface area contributed by atoms with E-state index in [2.05, 4.69) is 9.80 Å². The number of rotatable bonds is 6. The molecule has 0 spiro atoms. The lowest BCUT2D eigenvalue weighted by Gasteiger charge is -2.40. The Morgan fingerprint density at radius 1 is 1.03 bits per heavy atom. The predicted octanol–water partition coefficient (Wildman–Crippen LogP) is 2.91. The predicted molar refractivity (Wildman–Crippen MR) is 118 cm³/mol. The summed E-state index contributed by atoms with van der Waals surface area (Å²) in [5, 5.41) is 0.633. The SMILES string of the molecule is O=C(COc1ccc(Cl)cc1)N1CCO[C@@H](CN2CCN(c3ccc(F)cc3)CC2)C1. The van der Waals surface area contributed by atoms with Gasteiger partial charge in [-0.1, -0.05) is 11.6 Å². The molecule has 6 nitrogen and oxygen atoms in total. The van der Waals surface area contributed by atoms with Crippen molar-refractivity contribution in [2.24, 2.45) is 0 Å². The van der Waals surface area contributed by atoms with Crippen LogP contribution in [0.1, 0.15) is 0 Å². The lowest BCUT2D eigenvalue weighted by molar-refractivity contribution is -0.141. The second-order valence-electron chi connectivity index (χ2n) is 7.84. The molecule has 0 radical (unpaired) electrons. The molecule has 0 aliphatic carbocycles. The molecule has 0 bridgehead atoms. The van der Waals surface area contributed by atoms with Crippen molar-refractivity contribution < 1.29 is 18.7 Å². The van der Waals surface area contributed by atoms with Crippen LogP contribution in [-0.4, -0.2) is 80.8 Å². The maximum Gasteiger partial charge on any atom is 0.260 e. The van der Waals surface area contributed by atoms with E-state index in [1.54, 1.807) is 24.3 Å². The number of piperazine rings is 1. The quantitative estimate of drug-likeness (QED) is 0.681. The number of anilines is 1. The van der Waals surface area contributed by atoms with Crippen LogP contribution in [0.5, 0.6) is 5.75 Å². The molecule has 0 saturated carbocycles. The summed E-state index contributed by atoms with van der Waals surface area (Å²) in [7, 11) is 0. The van der Waals surface area contributed by atoms with E-state index in [4.69, 9.17) is 21.1 Å². The zero-order chi connectivity index (χ0) is 21.6. The number of carbonyl (C=O) groups excluding carboxylic acids is 1. The van der Waals surface area contributed by atoms with Crippen molar-refractivity contribution in [1.29, 1.82) is 0 Å². The first-order chi connectivity index (χ1) is 15.1. The lowest BCUT2D eigenvalue weighted by Crippen LogP contribution is -2.54. The second-order valence-corrected chi connectivity index (χ2v) is 8.28. The number of carbonyl (C=O) groups is 1. The molecule has 2 aromatic rings. The van der Waals surface area contributed by atoms with Crippen LogP contribution in [0.15, 0.2) is 48.5 Å². The van der Waals surface area contributed by atoms with Crippen molar-refractivity contribution in [3.63, 3.8) is 0 Å². The second kappa shape index (κ2) is 10.3. The van der Waals surface area contributed by atoms with Gasteiger partial charge in [-0.3, -0.25) is 9.69 Å². The van der Waals surface area contributed by atoms with Crippen molar-refractivity contribution in [2.45, 2.75) is 6.10 Å². The van der Waals surface area contributed by atoms with Crippen LogP contribution in [0, 0.1) is 5.82 Å². The number of nitrogens with zero attached hydrogens (tertiary/aromatic N) is 3. The average molecular weight is 448 g/mol. The Bertz CT molecular complexity index is 857. The molecule has 0 N–H and O–H groups in total. The highest BCUT2D eigenvalue weighted by atomic mass is 35.5. The van der Waals surface area contributed by atoms with Gasteiger partial charge in [0.05, 0.1) is 12.7 Å². The highest BCUT2D eigenvalue weighted by molar-refractivity contribution is 6.30. The molecular weight excluding hydrogens is 421 g/mol. The van der Waals surface area contributed by atoms with Gasteiger partial charge >= 0.3 is 0 Å². The van der Waals surface area contributed by atoms with Crippen molar-refractivity contribution in [3.8, 4) is 5.75 Å². The fourth-order valence-electron chi connectivity index (χ4n) is 3.95. The third kappa shape index (κ3) is 6.09. The number of ether oxygens (including phenoxy) is 2. The molecule has 2 heterocycles. The lowest BCUT2D eigenvalue weighted by atomic mass is 10.2.